The number of thiophene rings is 1. The minimum atomic E-state index is 0.585. The van der Waals surface area contributed by atoms with Gasteiger partial charge in [0.25, 0.3) is 0 Å². The molecule has 1 aromatic rings. The number of aryl methyl sites for hydroxylation is 1. The van der Waals surface area contributed by atoms with Crippen LogP contribution in [0.25, 0.3) is 0 Å². The molecule has 2 unspecified atom stereocenters. The summed E-state index contributed by atoms with van der Waals surface area (Å²) < 4.78 is 0. The summed E-state index contributed by atoms with van der Waals surface area (Å²) in [7, 11) is 2.06. The Labute approximate surface area is 96.3 Å². The summed E-state index contributed by atoms with van der Waals surface area (Å²) in [5, 5.41) is 3.37. The van der Waals surface area contributed by atoms with E-state index in [1.807, 2.05) is 11.3 Å². The molecule has 1 aliphatic rings. The lowest BCUT2D eigenvalue weighted by Crippen LogP contribution is -2.30. The summed E-state index contributed by atoms with van der Waals surface area (Å²) in [5.41, 5.74) is 0. The zero-order valence-electron chi connectivity index (χ0n) is 9.79. The lowest BCUT2D eigenvalue weighted by molar-refractivity contribution is 0.260. The molecule has 1 aliphatic heterocycles. The van der Waals surface area contributed by atoms with Gasteiger partial charge in [0.1, 0.15) is 0 Å². The number of likely N-dealkylation sites (N-methyl/N-ethyl adjacent to an activating group) is 1. The largest absolute Gasteiger partial charge is 0.316 e. The zero-order valence-corrected chi connectivity index (χ0v) is 10.6. The Kier molecular flexibility index (Phi) is 3.44. The van der Waals surface area contributed by atoms with E-state index in [1.165, 1.54) is 29.3 Å². The number of nitrogens with zero attached hydrogens (tertiary/aromatic N) is 1. The van der Waals surface area contributed by atoms with Gasteiger partial charge in [-0.25, -0.2) is 0 Å². The first-order valence-corrected chi connectivity index (χ1v) is 6.50. The van der Waals surface area contributed by atoms with E-state index in [9.17, 15) is 0 Å². The maximum absolute atomic E-state index is 3.37. The van der Waals surface area contributed by atoms with Crippen molar-refractivity contribution in [1.82, 2.24) is 10.2 Å². The van der Waals surface area contributed by atoms with Crippen LogP contribution in [0.3, 0.4) is 0 Å². The summed E-state index contributed by atoms with van der Waals surface area (Å²) in [6.45, 7) is 6.92. The van der Waals surface area contributed by atoms with E-state index in [-0.39, 0.29) is 0 Å². The van der Waals surface area contributed by atoms with Crippen molar-refractivity contribution in [3.8, 4) is 0 Å². The molecule has 2 rings (SSSR count). The minimum absolute atomic E-state index is 0.585. The Morgan fingerprint density at radius 2 is 2.33 bits per heavy atom. The first kappa shape index (κ1) is 11.1. The second kappa shape index (κ2) is 4.64. The molecule has 15 heavy (non-hydrogen) atoms. The van der Waals surface area contributed by atoms with Crippen LogP contribution < -0.4 is 5.32 Å². The average molecular weight is 224 g/mol. The van der Waals surface area contributed by atoms with Crippen molar-refractivity contribution in [2.45, 2.75) is 32.4 Å². The number of hydrogen-bond acceptors (Lipinski definition) is 3. The van der Waals surface area contributed by atoms with E-state index in [4.69, 9.17) is 0 Å². The molecule has 0 radical (unpaired) electrons. The molecule has 0 saturated carbocycles. The normalized spacial score (nSPS) is 24.6. The van der Waals surface area contributed by atoms with Gasteiger partial charge in [-0.05, 0) is 39.4 Å². The fraction of sp³-hybridized carbons (Fsp3) is 0.667. The molecular weight excluding hydrogens is 204 g/mol. The summed E-state index contributed by atoms with van der Waals surface area (Å²) in [4.78, 5) is 5.50. The van der Waals surface area contributed by atoms with Crippen LogP contribution in [0.1, 0.15) is 29.1 Å². The van der Waals surface area contributed by atoms with Crippen molar-refractivity contribution in [3.63, 3.8) is 0 Å². The van der Waals surface area contributed by atoms with Gasteiger partial charge in [-0.3, -0.25) is 4.90 Å². The van der Waals surface area contributed by atoms with Gasteiger partial charge in [0.15, 0.2) is 0 Å². The van der Waals surface area contributed by atoms with Crippen LogP contribution >= 0.6 is 11.3 Å². The molecule has 2 atom stereocenters. The summed E-state index contributed by atoms with van der Waals surface area (Å²) >= 11 is 1.93. The van der Waals surface area contributed by atoms with Crippen LogP contribution in [-0.2, 0) is 0 Å². The van der Waals surface area contributed by atoms with E-state index in [0.29, 0.717) is 12.1 Å². The molecule has 1 fully saturated rings. The van der Waals surface area contributed by atoms with Crippen LogP contribution in [-0.4, -0.2) is 31.1 Å². The maximum atomic E-state index is 3.37. The maximum Gasteiger partial charge on any atom is 0.0414 e. The van der Waals surface area contributed by atoms with Crippen molar-refractivity contribution < 1.29 is 0 Å². The van der Waals surface area contributed by atoms with Crippen LogP contribution in [0.2, 0.25) is 0 Å². The average Bonchev–Trinajstić information content (AvgIpc) is 2.84. The fourth-order valence-corrected chi connectivity index (χ4v) is 3.20. The van der Waals surface area contributed by atoms with E-state index in [2.05, 4.69) is 43.2 Å². The molecule has 2 heterocycles. The summed E-state index contributed by atoms with van der Waals surface area (Å²) in [6, 6.07) is 5.77. The smallest absolute Gasteiger partial charge is 0.0414 e. The quantitative estimate of drug-likeness (QED) is 0.848. The molecule has 0 amide bonds. The number of rotatable bonds is 3. The van der Waals surface area contributed by atoms with E-state index >= 15 is 0 Å². The van der Waals surface area contributed by atoms with Gasteiger partial charge in [0.05, 0.1) is 0 Å². The molecule has 0 aromatic carbocycles. The van der Waals surface area contributed by atoms with Crippen LogP contribution in [0.15, 0.2) is 12.1 Å². The lowest BCUT2D eigenvalue weighted by atomic mass is 10.2. The molecular formula is C12H20N2S. The molecule has 1 N–H and O–H groups in total. The van der Waals surface area contributed by atoms with E-state index in [0.717, 1.165) is 0 Å². The van der Waals surface area contributed by atoms with Gasteiger partial charge in [-0.2, -0.15) is 0 Å². The third-order valence-corrected chi connectivity index (χ3v) is 4.52. The Bertz CT molecular complexity index is 321. The first-order chi connectivity index (χ1) is 7.20. The molecule has 1 saturated heterocycles. The molecule has 84 valence electrons. The SMILES string of the molecule is CNC1CCN(C(C)c2ccc(C)s2)C1. The Morgan fingerprint density at radius 1 is 1.53 bits per heavy atom. The van der Waals surface area contributed by atoms with Gasteiger partial charge in [-0.1, -0.05) is 0 Å². The third kappa shape index (κ3) is 2.41. The molecule has 0 bridgehead atoms. The van der Waals surface area contributed by atoms with E-state index < -0.39 is 0 Å². The molecule has 0 spiro atoms. The predicted molar refractivity (Wildman–Crippen MR) is 66.5 cm³/mol. The highest BCUT2D eigenvalue weighted by molar-refractivity contribution is 7.12. The van der Waals surface area contributed by atoms with Gasteiger partial charge >= 0.3 is 0 Å². The topological polar surface area (TPSA) is 15.3 Å². The Morgan fingerprint density at radius 3 is 2.87 bits per heavy atom. The lowest BCUT2D eigenvalue weighted by Gasteiger charge is -2.23. The highest BCUT2D eigenvalue weighted by Gasteiger charge is 2.26. The van der Waals surface area contributed by atoms with Crippen molar-refractivity contribution in [1.29, 1.82) is 0 Å². The second-order valence-electron chi connectivity index (χ2n) is 4.39. The summed E-state index contributed by atoms with van der Waals surface area (Å²) in [6.07, 6.45) is 1.28. The van der Waals surface area contributed by atoms with Crippen molar-refractivity contribution in [2.75, 3.05) is 20.1 Å². The van der Waals surface area contributed by atoms with Crippen LogP contribution in [0.4, 0.5) is 0 Å². The highest BCUT2D eigenvalue weighted by atomic mass is 32.1. The number of nitrogens with one attached hydrogen (secondary N) is 1. The van der Waals surface area contributed by atoms with Crippen LogP contribution in [0.5, 0.6) is 0 Å². The van der Waals surface area contributed by atoms with Crippen molar-refractivity contribution >= 4 is 11.3 Å². The molecule has 0 aliphatic carbocycles. The van der Waals surface area contributed by atoms with E-state index in [1.54, 1.807) is 0 Å². The minimum Gasteiger partial charge on any atom is -0.316 e. The standard InChI is InChI=1S/C12H20N2S/c1-9-4-5-12(15-9)10(2)14-7-6-11(8-14)13-3/h4-5,10-11,13H,6-8H2,1-3H3. The van der Waals surface area contributed by atoms with Crippen LogP contribution in [0, 0.1) is 6.92 Å². The predicted octanol–water partition coefficient (Wildman–Crippen LogP) is 2.41. The third-order valence-electron chi connectivity index (χ3n) is 3.35. The highest BCUT2D eigenvalue weighted by Crippen LogP contribution is 2.29. The summed E-state index contributed by atoms with van der Waals surface area (Å²) in [5.74, 6) is 0. The zero-order chi connectivity index (χ0) is 10.8. The van der Waals surface area contributed by atoms with Gasteiger partial charge in [0.2, 0.25) is 0 Å². The van der Waals surface area contributed by atoms with Gasteiger partial charge < -0.3 is 5.32 Å². The Balaban J connectivity index is 2.00. The van der Waals surface area contributed by atoms with Gasteiger partial charge in [-0.15, -0.1) is 11.3 Å². The second-order valence-corrected chi connectivity index (χ2v) is 5.71. The molecule has 2 nitrogen and oxygen atoms in total. The molecule has 3 heteroatoms. The molecule has 1 aromatic heterocycles. The van der Waals surface area contributed by atoms with Crippen molar-refractivity contribution in [3.05, 3.63) is 21.9 Å². The monoisotopic (exact) mass is 224 g/mol. The fourth-order valence-electron chi connectivity index (χ4n) is 2.23. The number of likely N-dealkylation sites (tertiary alicyclic amines) is 1. The first-order valence-electron chi connectivity index (χ1n) is 5.68. The van der Waals surface area contributed by atoms with Crippen molar-refractivity contribution in [2.24, 2.45) is 0 Å². The van der Waals surface area contributed by atoms with Gasteiger partial charge in [0, 0.05) is 34.9 Å². The Hall–Kier alpha value is -0.380. The number of hydrogen-bond donors (Lipinski definition) is 1.